The van der Waals surface area contributed by atoms with E-state index in [0.717, 1.165) is 43.2 Å². The molecule has 0 bridgehead atoms. The topological polar surface area (TPSA) is 38.8 Å². The maximum Gasteiger partial charge on any atom is 0.413 e. The third-order valence-corrected chi connectivity index (χ3v) is 6.25. The molecule has 5 rings (SSSR count). The molecule has 0 aromatic heterocycles. The molecule has 0 N–H and O–H groups in total. The Morgan fingerprint density at radius 2 is 1.82 bits per heavy atom. The van der Waals surface area contributed by atoms with Gasteiger partial charge in [-0.05, 0) is 54.4 Å². The van der Waals surface area contributed by atoms with Crippen LogP contribution in [0, 0.1) is 0 Å². The molecular weight excluding hydrogens is 350 g/mol. The van der Waals surface area contributed by atoms with Crippen molar-refractivity contribution in [1.82, 2.24) is 4.90 Å². The number of rotatable bonds is 2. The van der Waals surface area contributed by atoms with Crippen molar-refractivity contribution in [1.29, 1.82) is 0 Å². The van der Waals surface area contributed by atoms with Crippen molar-refractivity contribution in [3.63, 3.8) is 0 Å². The Bertz CT molecular complexity index is 907. The molecule has 2 heterocycles. The Labute approximate surface area is 165 Å². The first-order chi connectivity index (χ1) is 13.8. The van der Waals surface area contributed by atoms with E-state index in [-0.39, 0.29) is 17.8 Å². The van der Waals surface area contributed by atoms with Gasteiger partial charge in [0.25, 0.3) is 0 Å². The molecule has 2 aromatic rings. The lowest BCUT2D eigenvalue weighted by Gasteiger charge is -2.46. The average molecular weight is 375 g/mol. The quantitative estimate of drug-likeness (QED) is 0.732. The van der Waals surface area contributed by atoms with Crippen LogP contribution in [0.15, 0.2) is 66.4 Å². The fraction of sp³-hybridized carbons (Fsp3) is 0.375. The number of cyclic esters (lactones) is 1. The monoisotopic (exact) mass is 375 g/mol. The highest BCUT2D eigenvalue weighted by molar-refractivity contribution is 5.70. The third kappa shape index (κ3) is 3.02. The smallest absolute Gasteiger partial charge is 0.413 e. The van der Waals surface area contributed by atoms with Crippen LogP contribution in [-0.4, -0.2) is 24.1 Å². The van der Waals surface area contributed by atoms with Crippen LogP contribution >= 0.6 is 0 Å². The van der Waals surface area contributed by atoms with E-state index in [0.29, 0.717) is 13.2 Å². The standard InChI is InChI=1S/C24H25NO3/c26-23-25(15-16-27-23)17-20-12-14-24(28-22(20)19-8-2-1-3-9-19)13-6-10-18-7-4-5-11-21(18)24/h1-5,7-9,11,17,22H,6,10,12-16H2/b20-17-/t22-,24+/m0/s1. The van der Waals surface area contributed by atoms with Crippen LogP contribution in [0.3, 0.4) is 0 Å². The Morgan fingerprint density at radius 1 is 1.00 bits per heavy atom. The zero-order valence-electron chi connectivity index (χ0n) is 16.0. The SMILES string of the molecule is O=C1OCCN1/C=C1/CC[C@@]2(CCCc3ccccc32)O[C@H]1c1ccccc1. The first-order valence-corrected chi connectivity index (χ1v) is 10.2. The first-order valence-electron chi connectivity index (χ1n) is 10.2. The van der Waals surface area contributed by atoms with Gasteiger partial charge in [0, 0.05) is 6.20 Å². The summed E-state index contributed by atoms with van der Waals surface area (Å²) in [5, 5.41) is 0. The van der Waals surface area contributed by atoms with E-state index in [9.17, 15) is 4.79 Å². The summed E-state index contributed by atoms with van der Waals surface area (Å²) in [7, 11) is 0. The molecule has 0 unspecified atom stereocenters. The van der Waals surface area contributed by atoms with Crippen LogP contribution in [0.2, 0.25) is 0 Å². The van der Waals surface area contributed by atoms with E-state index in [1.807, 2.05) is 12.3 Å². The van der Waals surface area contributed by atoms with Crippen LogP contribution in [0.5, 0.6) is 0 Å². The van der Waals surface area contributed by atoms with Gasteiger partial charge in [-0.1, -0.05) is 54.6 Å². The number of aryl methyl sites for hydroxylation is 1. The lowest BCUT2D eigenvalue weighted by atomic mass is 9.73. The van der Waals surface area contributed by atoms with Gasteiger partial charge < -0.3 is 9.47 Å². The molecule has 4 nitrogen and oxygen atoms in total. The van der Waals surface area contributed by atoms with E-state index in [2.05, 4.69) is 48.5 Å². The van der Waals surface area contributed by atoms with Crippen molar-refractivity contribution in [2.75, 3.05) is 13.2 Å². The van der Waals surface area contributed by atoms with E-state index in [1.165, 1.54) is 11.1 Å². The maximum absolute atomic E-state index is 12.0. The lowest BCUT2D eigenvalue weighted by Crippen LogP contribution is -2.39. The van der Waals surface area contributed by atoms with Crippen molar-refractivity contribution in [2.45, 2.75) is 43.8 Å². The molecule has 0 saturated carbocycles. The first kappa shape index (κ1) is 17.5. The number of nitrogens with zero attached hydrogens (tertiary/aromatic N) is 1. The second kappa shape index (κ2) is 7.10. The van der Waals surface area contributed by atoms with E-state index in [4.69, 9.17) is 9.47 Å². The Balaban J connectivity index is 1.54. The predicted molar refractivity (Wildman–Crippen MR) is 107 cm³/mol. The number of hydrogen-bond acceptors (Lipinski definition) is 3. The molecule has 2 aliphatic heterocycles. The summed E-state index contributed by atoms with van der Waals surface area (Å²) < 4.78 is 12.0. The van der Waals surface area contributed by atoms with Gasteiger partial charge in [-0.15, -0.1) is 0 Å². The molecule has 1 spiro atoms. The molecule has 0 radical (unpaired) electrons. The van der Waals surface area contributed by atoms with E-state index >= 15 is 0 Å². The summed E-state index contributed by atoms with van der Waals surface area (Å²) in [5.74, 6) is 0. The highest BCUT2D eigenvalue weighted by Crippen LogP contribution is 2.51. The van der Waals surface area contributed by atoms with Gasteiger partial charge in [0.1, 0.15) is 12.7 Å². The molecule has 2 aromatic carbocycles. The fourth-order valence-corrected chi connectivity index (χ4v) is 4.87. The van der Waals surface area contributed by atoms with Gasteiger partial charge in [0.05, 0.1) is 12.1 Å². The summed E-state index contributed by atoms with van der Waals surface area (Å²) in [6.45, 7) is 1.06. The van der Waals surface area contributed by atoms with Crippen molar-refractivity contribution >= 4 is 6.09 Å². The minimum Gasteiger partial charge on any atom is -0.447 e. The molecule has 144 valence electrons. The normalized spacial score (nSPS) is 28.4. The highest BCUT2D eigenvalue weighted by Gasteiger charge is 2.44. The minimum atomic E-state index is -0.261. The number of fused-ring (bicyclic) bond motifs is 2. The van der Waals surface area contributed by atoms with Crippen LogP contribution in [-0.2, 0) is 21.5 Å². The molecule has 4 heteroatoms. The second-order valence-electron chi connectivity index (χ2n) is 7.93. The van der Waals surface area contributed by atoms with Crippen LogP contribution in [0.4, 0.5) is 4.79 Å². The highest BCUT2D eigenvalue weighted by atomic mass is 16.6. The van der Waals surface area contributed by atoms with Gasteiger partial charge in [-0.25, -0.2) is 4.79 Å². The maximum atomic E-state index is 12.0. The predicted octanol–water partition coefficient (Wildman–Crippen LogP) is 5.11. The number of carbonyl (C=O) groups is 1. The fourth-order valence-electron chi connectivity index (χ4n) is 4.87. The van der Waals surface area contributed by atoms with Gasteiger partial charge in [0.15, 0.2) is 0 Å². The van der Waals surface area contributed by atoms with Crippen molar-refractivity contribution in [3.05, 3.63) is 83.1 Å². The minimum absolute atomic E-state index is 0.144. The van der Waals surface area contributed by atoms with E-state index in [1.54, 1.807) is 4.90 Å². The van der Waals surface area contributed by atoms with Crippen LogP contribution in [0.25, 0.3) is 0 Å². The second-order valence-corrected chi connectivity index (χ2v) is 7.93. The Morgan fingerprint density at radius 3 is 2.64 bits per heavy atom. The van der Waals surface area contributed by atoms with Gasteiger partial charge in [-0.2, -0.15) is 0 Å². The van der Waals surface area contributed by atoms with Gasteiger partial charge in [0.2, 0.25) is 0 Å². The zero-order chi connectivity index (χ0) is 19.0. The number of hydrogen-bond donors (Lipinski definition) is 0. The number of carbonyl (C=O) groups excluding carboxylic acids is 1. The van der Waals surface area contributed by atoms with Crippen LogP contribution in [0.1, 0.15) is 48.5 Å². The molecular formula is C24H25NO3. The number of ether oxygens (including phenoxy) is 2. The molecule has 1 aliphatic carbocycles. The number of amides is 1. The summed E-state index contributed by atoms with van der Waals surface area (Å²) in [6, 6.07) is 19.1. The molecule has 2 saturated heterocycles. The molecule has 3 aliphatic rings. The van der Waals surface area contributed by atoms with Crippen molar-refractivity contribution in [3.8, 4) is 0 Å². The van der Waals surface area contributed by atoms with Crippen molar-refractivity contribution in [2.24, 2.45) is 0 Å². The van der Waals surface area contributed by atoms with Gasteiger partial charge in [-0.3, -0.25) is 4.90 Å². The summed E-state index contributed by atoms with van der Waals surface area (Å²) in [5.41, 5.74) is 4.82. The Kier molecular flexibility index (Phi) is 4.44. The molecule has 28 heavy (non-hydrogen) atoms. The molecule has 2 fully saturated rings. The van der Waals surface area contributed by atoms with Crippen LogP contribution < -0.4 is 0 Å². The lowest BCUT2D eigenvalue weighted by molar-refractivity contribution is -0.122. The molecule has 1 amide bonds. The summed E-state index contributed by atoms with van der Waals surface area (Å²) in [4.78, 5) is 13.7. The summed E-state index contributed by atoms with van der Waals surface area (Å²) >= 11 is 0. The molecule has 2 atom stereocenters. The van der Waals surface area contributed by atoms with E-state index < -0.39 is 0 Å². The third-order valence-electron chi connectivity index (χ3n) is 6.25. The Hall–Kier alpha value is -2.59. The average Bonchev–Trinajstić information content (AvgIpc) is 3.15. The number of benzene rings is 2. The van der Waals surface area contributed by atoms with Gasteiger partial charge >= 0.3 is 6.09 Å². The summed E-state index contributed by atoms with van der Waals surface area (Å²) in [6.07, 6.45) is 6.74. The van der Waals surface area contributed by atoms with Crippen molar-refractivity contribution < 1.29 is 14.3 Å². The largest absolute Gasteiger partial charge is 0.447 e. The zero-order valence-corrected chi connectivity index (χ0v) is 16.0.